The largest absolute Gasteiger partial charge is 0.367 e. The number of non-ortho nitro benzene ring substituents is 1. The number of nitrogens with one attached hydrogen (secondary N) is 2. The molecule has 0 radical (unpaired) electrons. The van der Waals surface area contributed by atoms with Gasteiger partial charge in [0.25, 0.3) is 5.69 Å². The first-order valence-corrected chi connectivity index (χ1v) is 6.85. The third-order valence-electron chi connectivity index (χ3n) is 3.70. The highest BCUT2D eigenvalue weighted by molar-refractivity contribution is 5.97. The number of anilines is 1. The predicted octanol–water partition coefficient (Wildman–Crippen LogP) is 2.45. The molecular formula is C14H15FN4O2. The summed E-state index contributed by atoms with van der Waals surface area (Å²) in [6, 6.07) is 4.02. The zero-order valence-corrected chi connectivity index (χ0v) is 11.3. The average molecular weight is 290 g/mol. The maximum atomic E-state index is 13.6. The molecule has 1 aromatic heterocycles. The van der Waals surface area contributed by atoms with Gasteiger partial charge in [-0.15, -0.1) is 0 Å². The third kappa shape index (κ3) is 2.78. The summed E-state index contributed by atoms with van der Waals surface area (Å²) in [7, 11) is 0. The van der Waals surface area contributed by atoms with Gasteiger partial charge >= 0.3 is 0 Å². The van der Waals surface area contributed by atoms with E-state index in [1.807, 2.05) is 0 Å². The number of pyridine rings is 1. The van der Waals surface area contributed by atoms with Crippen LogP contribution >= 0.6 is 0 Å². The van der Waals surface area contributed by atoms with Crippen molar-refractivity contribution < 1.29 is 9.31 Å². The quantitative estimate of drug-likeness (QED) is 0.670. The summed E-state index contributed by atoms with van der Waals surface area (Å²) >= 11 is 0. The molecule has 110 valence electrons. The number of nitro benzene ring substituents is 1. The van der Waals surface area contributed by atoms with E-state index in [0.717, 1.165) is 32.0 Å². The Morgan fingerprint density at radius 3 is 2.81 bits per heavy atom. The Balaban J connectivity index is 2.04. The molecule has 6 nitrogen and oxygen atoms in total. The summed E-state index contributed by atoms with van der Waals surface area (Å²) in [5.41, 5.74) is -0.235. The molecule has 7 heteroatoms. The topological polar surface area (TPSA) is 80.1 Å². The Morgan fingerprint density at radius 2 is 2.10 bits per heavy atom. The van der Waals surface area contributed by atoms with Gasteiger partial charge in [-0.3, -0.25) is 10.1 Å². The SMILES string of the molecule is O=[N+]([O-])c1cc(F)cc2c(NC3CCNCC3)nccc12. The minimum absolute atomic E-state index is 0.235. The summed E-state index contributed by atoms with van der Waals surface area (Å²) in [6.07, 6.45) is 3.39. The number of halogens is 1. The molecule has 2 heterocycles. The van der Waals surface area contributed by atoms with Gasteiger partial charge in [0.15, 0.2) is 0 Å². The average Bonchev–Trinajstić information content (AvgIpc) is 2.48. The number of rotatable bonds is 3. The minimum atomic E-state index is -0.629. The summed E-state index contributed by atoms with van der Waals surface area (Å²) in [6.45, 7) is 1.83. The molecule has 2 N–H and O–H groups in total. The number of nitrogens with zero attached hydrogens (tertiary/aromatic N) is 2. The van der Waals surface area contributed by atoms with Crippen LogP contribution in [0.15, 0.2) is 24.4 Å². The molecule has 2 aromatic rings. The Hall–Kier alpha value is -2.28. The monoisotopic (exact) mass is 290 g/mol. The van der Waals surface area contributed by atoms with Crippen LogP contribution in [0.3, 0.4) is 0 Å². The molecule has 1 saturated heterocycles. The van der Waals surface area contributed by atoms with Crippen molar-refractivity contribution in [3.63, 3.8) is 0 Å². The molecule has 21 heavy (non-hydrogen) atoms. The molecule has 1 aliphatic heterocycles. The zero-order chi connectivity index (χ0) is 14.8. The second-order valence-electron chi connectivity index (χ2n) is 5.11. The van der Waals surface area contributed by atoms with E-state index in [1.165, 1.54) is 12.3 Å². The van der Waals surface area contributed by atoms with Crippen molar-refractivity contribution in [1.82, 2.24) is 10.3 Å². The van der Waals surface area contributed by atoms with E-state index >= 15 is 0 Å². The van der Waals surface area contributed by atoms with Gasteiger partial charge in [0.05, 0.1) is 16.4 Å². The molecule has 1 fully saturated rings. The molecule has 3 rings (SSSR count). The van der Waals surface area contributed by atoms with Gasteiger partial charge in [0.1, 0.15) is 11.6 Å². The number of nitro groups is 1. The summed E-state index contributed by atoms with van der Waals surface area (Å²) in [4.78, 5) is 14.7. The second kappa shape index (κ2) is 5.61. The Kier molecular flexibility index (Phi) is 3.66. The number of benzene rings is 1. The van der Waals surface area contributed by atoms with Crippen molar-refractivity contribution >= 4 is 22.3 Å². The number of piperidine rings is 1. The standard InChI is InChI=1S/C14H15FN4O2/c15-9-7-12-11(13(8-9)19(20)21)3-6-17-14(12)18-10-1-4-16-5-2-10/h3,6-8,10,16H,1-2,4-5H2,(H,17,18). The fraction of sp³-hybridized carbons (Fsp3) is 0.357. The molecule has 0 amide bonds. The van der Waals surface area contributed by atoms with Crippen molar-refractivity contribution in [3.05, 3.63) is 40.3 Å². The molecular weight excluding hydrogens is 275 g/mol. The molecule has 0 aliphatic carbocycles. The van der Waals surface area contributed by atoms with E-state index in [9.17, 15) is 14.5 Å². The van der Waals surface area contributed by atoms with Gasteiger partial charge in [0.2, 0.25) is 0 Å². The van der Waals surface area contributed by atoms with Crippen molar-refractivity contribution in [2.75, 3.05) is 18.4 Å². The molecule has 0 saturated carbocycles. The molecule has 1 aliphatic rings. The van der Waals surface area contributed by atoms with Crippen molar-refractivity contribution in [1.29, 1.82) is 0 Å². The number of hydrogen-bond donors (Lipinski definition) is 2. The molecule has 0 atom stereocenters. The number of fused-ring (bicyclic) bond motifs is 1. The van der Waals surface area contributed by atoms with Gasteiger partial charge in [-0.25, -0.2) is 9.37 Å². The van der Waals surface area contributed by atoms with Crippen molar-refractivity contribution in [3.8, 4) is 0 Å². The van der Waals surface area contributed by atoms with Crippen LogP contribution in [0.4, 0.5) is 15.9 Å². The highest BCUT2D eigenvalue weighted by Crippen LogP contribution is 2.31. The smallest absolute Gasteiger partial charge is 0.280 e. The maximum absolute atomic E-state index is 13.6. The van der Waals surface area contributed by atoms with E-state index in [-0.39, 0.29) is 11.7 Å². The van der Waals surface area contributed by atoms with Crippen LogP contribution in [-0.4, -0.2) is 29.0 Å². The third-order valence-corrected chi connectivity index (χ3v) is 3.70. The molecule has 0 unspecified atom stereocenters. The van der Waals surface area contributed by atoms with Gasteiger partial charge in [0, 0.05) is 17.6 Å². The van der Waals surface area contributed by atoms with Gasteiger partial charge < -0.3 is 10.6 Å². The Labute approximate surface area is 120 Å². The summed E-state index contributed by atoms with van der Waals surface area (Å²) in [5.74, 6) is -0.127. The molecule has 0 bridgehead atoms. The fourth-order valence-corrected chi connectivity index (χ4v) is 2.66. The number of aromatic nitrogens is 1. The van der Waals surface area contributed by atoms with Gasteiger partial charge in [-0.05, 0) is 38.1 Å². The first-order chi connectivity index (χ1) is 10.1. The second-order valence-corrected chi connectivity index (χ2v) is 5.11. The lowest BCUT2D eigenvalue weighted by Gasteiger charge is -2.24. The highest BCUT2D eigenvalue weighted by Gasteiger charge is 2.19. The Morgan fingerprint density at radius 1 is 1.33 bits per heavy atom. The van der Waals surface area contributed by atoms with Gasteiger partial charge in [-0.2, -0.15) is 0 Å². The summed E-state index contributed by atoms with van der Waals surface area (Å²) < 4.78 is 13.6. The Bertz CT molecular complexity index is 686. The molecule has 1 aromatic carbocycles. The van der Waals surface area contributed by atoms with E-state index in [2.05, 4.69) is 15.6 Å². The predicted molar refractivity (Wildman–Crippen MR) is 77.9 cm³/mol. The zero-order valence-electron chi connectivity index (χ0n) is 11.3. The summed E-state index contributed by atoms with van der Waals surface area (Å²) in [5, 5.41) is 18.4. The first kappa shape index (κ1) is 13.7. The van der Waals surface area contributed by atoms with Crippen LogP contribution in [0.1, 0.15) is 12.8 Å². The van der Waals surface area contributed by atoms with Crippen LogP contribution in [0.25, 0.3) is 10.8 Å². The lowest BCUT2D eigenvalue weighted by molar-refractivity contribution is -0.383. The minimum Gasteiger partial charge on any atom is -0.367 e. The van der Waals surface area contributed by atoms with Crippen LogP contribution < -0.4 is 10.6 Å². The van der Waals surface area contributed by atoms with Crippen molar-refractivity contribution in [2.24, 2.45) is 0 Å². The fourth-order valence-electron chi connectivity index (χ4n) is 2.66. The molecule has 0 spiro atoms. The maximum Gasteiger partial charge on any atom is 0.280 e. The van der Waals surface area contributed by atoms with Crippen LogP contribution in [0.5, 0.6) is 0 Å². The lowest BCUT2D eigenvalue weighted by Crippen LogP contribution is -2.35. The first-order valence-electron chi connectivity index (χ1n) is 6.85. The van der Waals surface area contributed by atoms with E-state index in [4.69, 9.17) is 0 Å². The van der Waals surface area contributed by atoms with E-state index in [1.54, 1.807) is 6.07 Å². The van der Waals surface area contributed by atoms with E-state index in [0.29, 0.717) is 16.6 Å². The number of hydrogen-bond acceptors (Lipinski definition) is 5. The van der Waals surface area contributed by atoms with Crippen LogP contribution in [-0.2, 0) is 0 Å². The van der Waals surface area contributed by atoms with Crippen molar-refractivity contribution in [2.45, 2.75) is 18.9 Å². The van der Waals surface area contributed by atoms with Crippen LogP contribution in [0, 0.1) is 15.9 Å². The highest BCUT2D eigenvalue weighted by atomic mass is 19.1. The van der Waals surface area contributed by atoms with Gasteiger partial charge in [-0.1, -0.05) is 0 Å². The van der Waals surface area contributed by atoms with E-state index < -0.39 is 10.7 Å². The normalized spacial score (nSPS) is 16.0. The van der Waals surface area contributed by atoms with Crippen LogP contribution in [0.2, 0.25) is 0 Å². The lowest BCUT2D eigenvalue weighted by atomic mass is 10.1.